The van der Waals surface area contributed by atoms with E-state index in [2.05, 4.69) is 15.9 Å². The van der Waals surface area contributed by atoms with E-state index in [1.54, 1.807) is 24.3 Å². The van der Waals surface area contributed by atoms with Crippen LogP contribution < -0.4 is 5.73 Å². The molecule has 2 N–H and O–H groups in total. The van der Waals surface area contributed by atoms with Crippen LogP contribution in [0.4, 0.5) is 8.78 Å². The van der Waals surface area contributed by atoms with Crippen molar-refractivity contribution in [3.63, 3.8) is 0 Å². The molecule has 1 aromatic carbocycles. The van der Waals surface area contributed by atoms with Crippen LogP contribution in [-0.2, 0) is 0 Å². The first kappa shape index (κ1) is 13.8. The molecule has 0 aliphatic carbocycles. The van der Waals surface area contributed by atoms with Crippen molar-refractivity contribution in [1.29, 1.82) is 0 Å². The minimum Gasteiger partial charge on any atom is -0.324 e. The Morgan fingerprint density at radius 2 is 1.71 bits per heavy atom. The van der Waals surface area contributed by atoms with Gasteiger partial charge < -0.3 is 5.73 Å². The Bertz CT molecular complexity index is 266. The van der Waals surface area contributed by atoms with Gasteiger partial charge in [0.05, 0.1) is 0 Å². The second-order valence-electron chi connectivity index (χ2n) is 2.78. The lowest BCUT2D eigenvalue weighted by atomic mass is 10.1. The standard InChI is InChI=1S/C9H10BrF2N.ClH/c10-7-3-1-6(2-4-7)8(13)5-9(11)12;/h1-4,8-9H,5,13H2;1H/t8-;/m1./s1. The molecule has 0 saturated heterocycles. The molecule has 0 amide bonds. The molecule has 0 unspecified atom stereocenters. The van der Waals surface area contributed by atoms with E-state index in [9.17, 15) is 8.78 Å². The van der Waals surface area contributed by atoms with Gasteiger partial charge in [0, 0.05) is 16.9 Å². The van der Waals surface area contributed by atoms with Gasteiger partial charge in [0.1, 0.15) is 0 Å². The molecule has 0 heterocycles. The van der Waals surface area contributed by atoms with Crippen molar-refractivity contribution in [1.82, 2.24) is 0 Å². The number of halogens is 4. The van der Waals surface area contributed by atoms with Gasteiger partial charge in [-0.05, 0) is 17.7 Å². The summed E-state index contributed by atoms with van der Waals surface area (Å²) in [5, 5.41) is 0. The first-order valence-electron chi connectivity index (χ1n) is 3.89. The molecule has 0 bridgehead atoms. The predicted octanol–water partition coefficient (Wildman–Crippen LogP) is 3.53. The van der Waals surface area contributed by atoms with E-state index in [4.69, 9.17) is 5.73 Å². The summed E-state index contributed by atoms with van der Waals surface area (Å²) in [5.41, 5.74) is 6.29. The maximum atomic E-state index is 12.0. The van der Waals surface area contributed by atoms with Crippen molar-refractivity contribution in [3.8, 4) is 0 Å². The third-order valence-corrected chi connectivity index (χ3v) is 2.26. The molecular weight excluding hydrogens is 275 g/mol. The summed E-state index contributed by atoms with van der Waals surface area (Å²) in [6.45, 7) is 0. The van der Waals surface area contributed by atoms with Crippen LogP contribution in [0.5, 0.6) is 0 Å². The quantitative estimate of drug-likeness (QED) is 0.904. The summed E-state index contributed by atoms with van der Waals surface area (Å²) in [6, 6.07) is 6.50. The molecule has 1 atom stereocenters. The van der Waals surface area contributed by atoms with Gasteiger partial charge in [-0.2, -0.15) is 0 Å². The smallest absolute Gasteiger partial charge is 0.240 e. The summed E-state index contributed by atoms with van der Waals surface area (Å²) >= 11 is 3.26. The van der Waals surface area contributed by atoms with E-state index >= 15 is 0 Å². The van der Waals surface area contributed by atoms with Crippen LogP contribution in [0, 0.1) is 0 Å². The van der Waals surface area contributed by atoms with Gasteiger partial charge in [-0.1, -0.05) is 28.1 Å². The van der Waals surface area contributed by atoms with Crippen molar-refractivity contribution in [2.75, 3.05) is 0 Å². The maximum Gasteiger partial charge on any atom is 0.240 e. The molecule has 0 aliphatic rings. The molecule has 0 fully saturated rings. The number of hydrogen-bond donors (Lipinski definition) is 1. The highest BCUT2D eigenvalue weighted by molar-refractivity contribution is 9.10. The van der Waals surface area contributed by atoms with E-state index in [1.165, 1.54) is 0 Å². The summed E-state index contributed by atoms with van der Waals surface area (Å²) in [7, 11) is 0. The average Bonchev–Trinajstić information content (AvgIpc) is 2.04. The third kappa shape index (κ3) is 4.35. The summed E-state index contributed by atoms with van der Waals surface area (Å²) in [6.07, 6.45) is -2.64. The maximum absolute atomic E-state index is 12.0. The fourth-order valence-electron chi connectivity index (χ4n) is 1.04. The fourth-order valence-corrected chi connectivity index (χ4v) is 1.30. The summed E-state index contributed by atoms with van der Waals surface area (Å²) in [5.74, 6) is 0. The Labute approximate surface area is 96.2 Å². The van der Waals surface area contributed by atoms with Gasteiger partial charge in [-0.25, -0.2) is 8.78 Å². The molecule has 0 saturated carbocycles. The van der Waals surface area contributed by atoms with Gasteiger partial charge in [0.2, 0.25) is 6.43 Å². The molecule has 1 aromatic rings. The van der Waals surface area contributed by atoms with E-state index in [0.717, 1.165) is 10.0 Å². The normalized spacial score (nSPS) is 12.4. The minimum atomic E-state index is -2.35. The lowest BCUT2D eigenvalue weighted by Crippen LogP contribution is -2.13. The van der Waals surface area contributed by atoms with Crippen LogP contribution in [0.3, 0.4) is 0 Å². The van der Waals surface area contributed by atoms with E-state index in [-0.39, 0.29) is 18.8 Å². The topological polar surface area (TPSA) is 26.0 Å². The second kappa shape index (κ2) is 6.32. The summed E-state index contributed by atoms with van der Waals surface area (Å²) < 4.78 is 24.8. The molecule has 80 valence electrons. The monoisotopic (exact) mass is 285 g/mol. The molecule has 0 aliphatic heterocycles. The van der Waals surface area contributed by atoms with Crippen LogP contribution in [0.15, 0.2) is 28.7 Å². The predicted molar refractivity (Wildman–Crippen MR) is 58.9 cm³/mol. The second-order valence-corrected chi connectivity index (χ2v) is 3.70. The van der Waals surface area contributed by atoms with Crippen molar-refractivity contribution < 1.29 is 8.78 Å². The number of nitrogens with two attached hydrogens (primary N) is 1. The van der Waals surface area contributed by atoms with Gasteiger partial charge in [-0.15, -0.1) is 12.4 Å². The van der Waals surface area contributed by atoms with Crippen LogP contribution >= 0.6 is 28.3 Å². The van der Waals surface area contributed by atoms with Gasteiger partial charge in [0.15, 0.2) is 0 Å². The first-order valence-corrected chi connectivity index (χ1v) is 4.68. The lowest BCUT2D eigenvalue weighted by Gasteiger charge is -2.10. The Hall–Kier alpha value is -0.190. The number of hydrogen-bond acceptors (Lipinski definition) is 1. The molecule has 14 heavy (non-hydrogen) atoms. The number of alkyl halides is 2. The zero-order valence-corrected chi connectivity index (χ0v) is 9.69. The number of rotatable bonds is 3. The molecule has 0 radical (unpaired) electrons. The molecular formula is C9H11BrClF2N. The minimum absolute atomic E-state index is 0. The average molecular weight is 287 g/mol. The summed E-state index contributed by atoms with van der Waals surface area (Å²) in [4.78, 5) is 0. The lowest BCUT2D eigenvalue weighted by molar-refractivity contribution is 0.128. The van der Waals surface area contributed by atoms with Crippen molar-refractivity contribution >= 4 is 28.3 Å². The SMILES string of the molecule is Cl.N[C@H](CC(F)F)c1ccc(Br)cc1. The van der Waals surface area contributed by atoms with Crippen LogP contribution in [-0.4, -0.2) is 6.43 Å². The van der Waals surface area contributed by atoms with Crippen LogP contribution in [0.2, 0.25) is 0 Å². The molecule has 1 rings (SSSR count). The Balaban J connectivity index is 0.00000169. The highest BCUT2D eigenvalue weighted by Crippen LogP contribution is 2.19. The van der Waals surface area contributed by atoms with E-state index in [0.29, 0.717) is 0 Å². The Morgan fingerprint density at radius 3 is 2.14 bits per heavy atom. The van der Waals surface area contributed by atoms with E-state index in [1.807, 2.05) is 0 Å². The fraction of sp³-hybridized carbons (Fsp3) is 0.333. The van der Waals surface area contributed by atoms with Crippen molar-refractivity contribution in [2.45, 2.75) is 18.9 Å². The van der Waals surface area contributed by atoms with Gasteiger partial charge in [-0.3, -0.25) is 0 Å². The van der Waals surface area contributed by atoms with Gasteiger partial charge >= 0.3 is 0 Å². The highest BCUT2D eigenvalue weighted by atomic mass is 79.9. The van der Waals surface area contributed by atoms with Crippen LogP contribution in [0.1, 0.15) is 18.0 Å². The molecule has 1 nitrogen and oxygen atoms in total. The molecule has 5 heteroatoms. The van der Waals surface area contributed by atoms with Crippen LogP contribution in [0.25, 0.3) is 0 Å². The Morgan fingerprint density at radius 1 is 1.21 bits per heavy atom. The van der Waals surface area contributed by atoms with E-state index < -0.39 is 12.5 Å². The zero-order chi connectivity index (χ0) is 9.84. The molecule has 0 spiro atoms. The molecule has 0 aromatic heterocycles. The van der Waals surface area contributed by atoms with Gasteiger partial charge in [0.25, 0.3) is 0 Å². The van der Waals surface area contributed by atoms with Crippen molar-refractivity contribution in [2.24, 2.45) is 5.73 Å². The Kier molecular flexibility index (Phi) is 6.24. The first-order chi connectivity index (χ1) is 6.09. The largest absolute Gasteiger partial charge is 0.324 e. The third-order valence-electron chi connectivity index (χ3n) is 1.73. The number of benzene rings is 1. The highest BCUT2D eigenvalue weighted by Gasteiger charge is 2.12. The van der Waals surface area contributed by atoms with Crippen molar-refractivity contribution in [3.05, 3.63) is 34.3 Å². The zero-order valence-electron chi connectivity index (χ0n) is 7.29.